The van der Waals surface area contributed by atoms with Crippen LogP contribution < -0.4 is 5.32 Å². The van der Waals surface area contributed by atoms with Gasteiger partial charge in [-0.3, -0.25) is 9.59 Å². The van der Waals surface area contributed by atoms with Gasteiger partial charge in [0.25, 0.3) is 0 Å². The van der Waals surface area contributed by atoms with E-state index in [2.05, 4.69) is 10.2 Å². The number of carbonyl (C=O) groups is 2. The summed E-state index contributed by atoms with van der Waals surface area (Å²) < 4.78 is 13.1. The summed E-state index contributed by atoms with van der Waals surface area (Å²) in [7, 11) is 0. The molecule has 4 rings (SSSR count). The molecule has 0 bridgehead atoms. The maximum atomic E-state index is 13.1. The fraction of sp³-hybridized carbons (Fsp3) is 0.714. The monoisotopic (exact) mass is 472 g/mol. The van der Waals surface area contributed by atoms with Crippen molar-refractivity contribution in [1.82, 2.24) is 10.2 Å². The first-order valence-corrected chi connectivity index (χ1v) is 13.5. The number of nitrogens with zero attached hydrogens (tertiary/aromatic N) is 1. The maximum absolute atomic E-state index is 13.1. The molecule has 1 aliphatic heterocycles. The fourth-order valence-electron chi connectivity index (χ4n) is 6.13. The minimum Gasteiger partial charge on any atom is -0.393 e. The van der Waals surface area contributed by atoms with Crippen molar-refractivity contribution in [3.05, 3.63) is 35.6 Å². The lowest BCUT2D eigenvalue weighted by molar-refractivity contribution is -0.123. The smallest absolute Gasteiger partial charge is 0.220 e. The predicted octanol–water partition coefficient (Wildman–Crippen LogP) is 4.73. The van der Waals surface area contributed by atoms with Crippen LogP contribution in [0.1, 0.15) is 87.4 Å². The molecule has 0 unspecified atom stereocenters. The van der Waals surface area contributed by atoms with E-state index in [0.29, 0.717) is 23.9 Å². The molecule has 3 aliphatic rings. The van der Waals surface area contributed by atoms with Crippen molar-refractivity contribution in [2.75, 3.05) is 19.6 Å². The van der Waals surface area contributed by atoms with Gasteiger partial charge < -0.3 is 15.3 Å². The molecular formula is C28H41FN2O3. The van der Waals surface area contributed by atoms with Crippen LogP contribution in [0, 0.1) is 23.6 Å². The number of piperidine rings is 1. The SMILES string of the molecule is O=C(CC1CCC(O)CC1)N[C@H]1CC[C@H](CCN2CCC(C(=O)c3ccc(F)cc3)CC2)CC1. The van der Waals surface area contributed by atoms with Crippen molar-refractivity contribution < 1.29 is 19.1 Å². The number of aliphatic hydroxyl groups is 1. The Balaban J connectivity index is 1.09. The second-order valence-electron chi connectivity index (χ2n) is 10.9. The van der Waals surface area contributed by atoms with E-state index in [1.807, 2.05) is 0 Å². The molecule has 1 amide bonds. The van der Waals surface area contributed by atoms with Crippen molar-refractivity contribution in [3.8, 4) is 0 Å². The third kappa shape index (κ3) is 7.35. The number of nitrogens with one attached hydrogen (secondary N) is 1. The minimum absolute atomic E-state index is 0.0550. The number of hydrogen-bond donors (Lipinski definition) is 2. The first kappa shape index (κ1) is 25.3. The third-order valence-corrected chi connectivity index (χ3v) is 8.44. The summed E-state index contributed by atoms with van der Waals surface area (Å²) in [4.78, 5) is 27.6. The molecule has 1 aromatic carbocycles. The number of carbonyl (C=O) groups excluding carboxylic acids is 2. The van der Waals surface area contributed by atoms with Crippen LogP contribution in [0.4, 0.5) is 4.39 Å². The summed E-state index contributed by atoms with van der Waals surface area (Å²) in [5.74, 6) is 1.27. The Kier molecular flexibility index (Phi) is 9.12. The average Bonchev–Trinajstić information content (AvgIpc) is 2.85. The average molecular weight is 473 g/mol. The predicted molar refractivity (Wildman–Crippen MR) is 131 cm³/mol. The Bertz CT molecular complexity index is 790. The molecule has 2 N–H and O–H groups in total. The minimum atomic E-state index is -0.302. The molecule has 0 spiro atoms. The van der Waals surface area contributed by atoms with Crippen LogP contribution in [-0.2, 0) is 4.79 Å². The topological polar surface area (TPSA) is 69.6 Å². The zero-order valence-corrected chi connectivity index (χ0v) is 20.4. The number of ketones is 1. The van der Waals surface area contributed by atoms with Gasteiger partial charge in [0.1, 0.15) is 5.82 Å². The number of aliphatic hydroxyl groups excluding tert-OH is 1. The first-order chi connectivity index (χ1) is 16.5. The fourth-order valence-corrected chi connectivity index (χ4v) is 6.13. The zero-order valence-electron chi connectivity index (χ0n) is 20.4. The van der Waals surface area contributed by atoms with E-state index in [-0.39, 0.29) is 29.5 Å². The first-order valence-electron chi connectivity index (χ1n) is 13.5. The van der Waals surface area contributed by atoms with E-state index in [1.54, 1.807) is 12.1 Å². The van der Waals surface area contributed by atoms with Gasteiger partial charge in [0.2, 0.25) is 5.91 Å². The largest absolute Gasteiger partial charge is 0.393 e. The van der Waals surface area contributed by atoms with Gasteiger partial charge in [-0.2, -0.15) is 0 Å². The Morgan fingerprint density at radius 3 is 2.15 bits per heavy atom. The van der Waals surface area contributed by atoms with Gasteiger partial charge in [-0.1, -0.05) is 0 Å². The van der Waals surface area contributed by atoms with Gasteiger partial charge in [0.15, 0.2) is 5.78 Å². The lowest BCUT2D eigenvalue weighted by atomic mass is 9.83. The van der Waals surface area contributed by atoms with Gasteiger partial charge in [0, 0.05) is 23.9 Å². The lowest BCUT2D eigenvalue weighted by Gasteiger charge is -2.34. The molecule has 0 atom stereocenters. The van der Waals surface area contributed by atoms with Crippen molar-refractivity contribution in [3.63, 3.8) is 0 Å². The second kappa shape index (κ2) is 12.3. The van der Waals surface area contributed by atoms with E-state index in [0.717, 1.165) is 76.9 Å². The normalized spacial score (nSPS) is 29.0. The van der Waals surface area contributed by atoms with E-state index in [9.17, 15) is 19.1 Å². The Labute approximate surface area is 203 Å². The summed E-state index contributed by atoms with van der Waals surface area (Å²) in [6, 6.07) is 6.26. The lowest BCUT2D eigenvalue weighted by Crippen LogP contribution is -2.40. The Hall–Kier alpha value is -1.79. The summed E-state index contributed by atoms with van der Waals surface area (Å²) in [6.07, 6.45) is 11.6. The number of hydrogen-bond acceptors (Lipinski definition) is 4. The number of rotatable bonds is 8. The number of halogens is 1. The number of likely N-dealkylation sites (tertiary alicyclic amines) is 1. The molecule has 1 heterocycles. The number of benzene rings is 1. The standard InChI is InChI=1S/C28H41FN2O3/c29-24-7-5-22(6-8-24)28(34)23-14-17-31(18-15-23)16-13-20-1-9-25(10-2-20)30-27(33)19-21-3-11-26(32)12-4-21/h5-8,20-21,23,25-26,32H,1-4,9-19H2,(H,30,33)/t20-,21?,25-,26?. The summed E-state index contributed by atoms with van der Waals surface area (Å²) >= 11 is 0. The molecule has 0 radical (unpaired) electrons. The van der Waals surface area contributed by atoms with Crippen molar-refractivity contribution in [1.29, 1.82) is 0 Å². The van der Waals surface area contributed by atoms with Gasteiger partial charge in [-0.05, 0) is 126 Å². The van der Waals surface area contributed by atoms with E-state index in [4.69, 9.17) is 0 Å². The van der Waals surface area contributed by atoms with Gasteiger partial charge in [-0.15, -0.1) is 0 Å². The number of Topliss-reactive ketones (excluding diaryl/α,β-unsaturated/α-hetero) is 1. The second-order valence-corrected chi connectivity index (χ2v) is 10.9. The van der Waals surface area contributed by atoms with Crippen LogP contribution in [0.15, 0.2) is 24.3 Å². The van der Waals surface area contributed by atoms with E-state index < -0.39 is 0 Å². The van der Waals surface area contributed by atoms with Gasteiger partial charge >= 0.3 is 0 Å². The van der Waals surface area contributed by atoms with Gasteiger partial charge in [0.05, 0.1) is 6.10 Å². The highest BCUT2D eigenvalue weighted by Gasteiger charge is 2.28. The van der Waals surface area contributed by atoms with Crippen molar-refractivity contribution in [2.24, 2.45) is 17.8 Å². The molecular weight excluding hydrogens is 431 g/mol. The van der Waals surface area contributed by atoms with E-state index in [1.165, 1.54) is 31.4 Å². The van der Waals surface area contributed by atoms with Crippen LogP contribution >= 0.6 is 0 Å². The summed E-state index contributed by atoms with van der Waals surface area (Å²) in [5, 5.41) is 12.9. The summed E-state index contributed by atoms with van der Waals surface area (Å²) in [6.45, 7) is 3.01. The van der Waals surface area contributed by atoms with Crippen LogP contribution in [-0.4, -0.2) is 53.5 Å². The molecule has 5 nitrogen and oxygen atoms in total. The molecule has 2 saturated carbocycles. The van der Waals surface area contributed by atoms with Crippen molar-refractivity contribution in [2.45, 2.75) is 89.2 Å². The molecule has 2 aliphatic carbocycles. The molecule has 34 heavy (non-hydrogen) atoms. The molecule has 0 aromatic heterocycles. The Morgan fingerprint density at radius 1 is 0.882 bits per heavy atom. The molecule has 188 valence electrons. The highest BCUT2D eigenvalue weighted by Crippen LogP contribution is 2.30. The van der Waals surface area contributed by atoms with Gasteiger partial charge in [-0.25, -0.2) is 4.39 Å². The van der Waals surface area contributed by atoms with Crippen LogP contribution in [0.25, 0.3) is 0 Å². The quantitative estimate of drug-likeness (QED) is 0.537. The third-order valence-electron chi connectivity index (χ3n) is 8.44. The molecule has 1 aromatic rings. The molecule has 3 fully saturated rings. The molecule has 1 saturated heterocycles. The van der Waals surface area contributed by atoms with Crippen LogP contribution in [0.2, 0.25) is 0 Å². The number of amides is 1. The van der Waals surface area contributed by atoms with Crippen LogP contribution in [0.5, 0.6) is 0 Å². The summed E-state index contributed by atoms with van der Waals surface area (Å²) in [5.41, 5.74) is 0.626. The van der Waals surface area contributed by atoms with Crippen molar-refractivity contribution >= 4 is 11.7 Å². The highest BCUT2D eigenvalue weighted by molar-refractivity contribution is 5.97. The maximum Gasteiger partial charge on any atom is 0.220 e. The molecule has 6 heteroatoms. The highest BCUT2D eigenvalue weighted by atomic mass is 19.1. The van der Waals surface area contributed by atoms with E-state index >= 15 is 0 Å². The zero-order chi connectivity index (χ0) is 23.9. The Morgan fingerprint density at radius 2 is 1.50 bits per heavy atom. The van der Waals surface area contributed by atoms with Crippen LogP contribution in [0.3, 0.4) is 0 Å².